The van der Waals surface area contributed by atoms with Gasteiger partial charge in [-0.2, -0.15) is 0 Å². The molecule has 1 saturated heterocycles. The molecule has 3 aromatic rings. The molecule has 2 aliphatic heterocycles. The van der Waals surface area contributed by atoms with E-state index < -0.39 is 17.5 Å². The average molecular weight is 460 g/mol. The number of fused-ring (bicyclic) bond motifs is 2. The molecule has 2 aliphatic rings. The van der Waals surface area contributed by atoms with E-state index in [0.717, 1.165) is 38.2 Å². The Hall–Kier alpha value is -3.32. The maximum Gasteiger partial charge on any atom is 0.325 e. The molecular formula is C26H25N3O3S. The number of carbonyl (C=O) groups excluding carboxylic acids is 3. The minimum Gasteiger partial charge on any atom is -0.319 e. The van der Waals surface area contributed by atoms with Crippen LogP contribution in [0.5, 0.6) is 0 Å². The number of hydrogen-bond donors (Lipinski definition) is 1. The Balaban J connectivity index is 1.44. The molecule has 5 rings (SSSR count). The van der Waals surface area contributed by atoms with Gasteiger partial charge < -0.3 is 10.2 Å². The lowest BCUT2D eigenvalue weighted by Gasteiger charge is -2.26. The van der Waals surface area contributed by atoms with Crippen molar-refractivity contribution in [1.29, 1.82) is 0 Å². The average Bonchev–Trinajstić information content (AvgIpc) is 2.94. The van der Waals surface area contributed by atoms with Crippen molar-refractivity contribution in [2.75, 3.05) is 18.0 Å². The lowest BCUT2D eigenvalue weighted by Crippen LogP contribution is -2.45. The minimum absolute atomic E-state index is 0.261. The fourth-order valence-electron chi connectivity index (χ4n) is 4.65. The summed E-state index contributed by atoms with van der Waals surface area (Å²) in [5, 5.41) is 5.11. The quantitative estimate of drug-likeness (QED) is 0.585. The highest BCUT2D eigenvalue weighted by Gasteiger charge is 2.50. The molecule has 6 nitrogen and oxygen atoms in total. The number of nitrogens with one attached hydrogen (secondary N) is 1. The molecule has 0 saturated carbocycles. The zero-order valence-corrected chi connectivity index (χ0v) is 19.4. The number of imide groups is 1. The molecule has 168 valence electrons. The molecule has 0 unspecified atom stereocenters. The minimum atomic E-state index is -1.24. The normalized spacial score (nSPS) is 22.8. The van der Waals surface area contributed by atoms with Crippen molar-refractivity contribution in [3.63, 3.8) is 0 Å². The summed E-state index contributed by atoms with van der Waals surface area (Å²) in [4.78, 5) is 43.6. The number of amides is 4. The summed E-state index contributed by atoms with van der Waals surface area (Å²) in [6, 6.07) is 20.7. The van der Waals surface area contributed by atoms with E-state index in [1.54, 1.807) is 23.6 Å². The zero-order chi connectivity index (χ0) is 23.2. The summed E-state index contributed by atoms with van der Waals surface area (Å²) in [5.41, 5.74) is 0.319. The molecule has 0 aromatic heterocycles. The molecule has 0 bridgehead atoms. The Morgan fingerprint density at radius 2 is 1.79 bits per heavy atom. The summed E-state index contributed by atoms with van der Waals surface area (Å²) in [5.74, 6) is -0.675. The number of anilines is 1. The van der Waals surface area contributed by atoms with E-state index in [0.29, 0.717) is 11.8 Å². The van der Waals surface area contributed by atoms with Crippen LogP contribution in [0, 0.1) is 0 Å². The van der Waals surface area contributed by atoms with E-state index in [9.17, 15) is 14.4 Å². The van der Waals surface area contributed by atoms with Crippen molar-refractivity contribution < 1.29 is 14.4 Å². The monoisotopic (exact) mass is 459 g/mol. The molecule has 3 aromatic carbocycles. The van der Waals surface area contributed by atoms with Gasteiger partial charge in [-0.3, -0.25) is 14.5 Å². The Kier molecular flexibility index (Phi) is 5.37. The van der Waals surface area contributed by atoms with Crippen molar-refractivity contribution in [3.05, 3.63) is 72.3 Å². The number of carbonyl (C=O) groups is 3. The van der Waals surface area contributed by atoms with Gasteiger partial charge in [0.1, 0.15) is 12.1 Å². The summed E-state index contributed by atoms with van der Waals surface area (Å²) in [6.07, 6.45) is 0.832. The van der Waals surface area contributed by atoms with Crippen molar-refractivity contribution in [1.82, 2.24) is 10.2 Å². The van der Waals surface area contributed by atoms with Crippen LogP contribution in [-0.4, -0.2) is 41.1 Å². The molecule has 7 heteroatoms. The number of urea groups is 1. The third kappa shape index (κ3) is 3.66. The number of benzene rings is 3. The van der Waals surface area contributed by atoms with Gasteiger partial charge in [-0.05, 0) is 41.8 Å². The van der Waals surface area contributed by atoms with Gasteiger partial charge in [0.15, 0.2) is 0 Å². The SMILES string of the molecule is C[C@H]1CCN(C(=O)CN2C(=O)N[C@](C)(c3cccc4ccccc34)C2=O)c2ccccc2S1. The summed E-state index contributed by atoms with van der Waals surface area (Å²) in [7, 11) is 0. The van der Waals surface area contributed by atoms with Crippen molar-refractivity contribution in [2.24, 2.45) is 0 Å². The summed E-state index contributed by atoms with van der Waals surface area (Å²) in [6.45, 7) is 4.11. The van der Waals surface area contributed by atoms with Crippen LogP contribution in [0.2, 0.25) is 0 Å². The standard InChI is InChI=1S/C26H25N3O3S/c1-17-14-15-28(21-12-5-6-13-22(21)33-17)23(30)16-29-24(31)26(2,27-25(29)32)20-11-7-9-18-8-3-4-10-19(18)20/h3-13,17H,14-16H2,1-2H3,(H,27,32)/t17-,26+/m0/s1. The highest BCUT2D eigenvalue weighted by Crippen LogP contribution is 2.38. The van der Waals surface area contributed by atoms with Crippen LogP contribution >= 0.6 is 11.8 Å². The van der Waals surface area contributed by atoms with Gasteiger partial charge in [-0.1, -0.05) is 61.5 Å². The number of hydrogen-bond acceptors (Lipinski definition) is 4. The van der Waals surface area contributed by atoms with Gasteiger partial charge in [0.25, 0.3) is 5.91 Å². The summed E-state index contributed by atoms with van der Waals surface area (Å²) >= 11 is 1.74. The number of para-hydroxylation sites is 1. The molecule has 2 atom stereocenters. The second kappa shape index (κ2) is 8.23. The van der Waals surface area contributed by atoms with Gasteiger partial charge in [0, 0.05) is 16.7 Å². The molecule has 0 radical (unpaired) electrons. The molecule has 4 amide bonds. The van der Waals surface area contributed by atoms with E-state index in [2.05, 4.69) is 12.2 Å². The van der Waals surface area contributed by atoms with Gasteiger partial charge in [-0.25, -0.2) is 4.79 Å². The first-order chi connectivity index (χ1) is 15.9. The Morgan fingerprint density at radius 1 is 1.06 bits per heavy atom. The zero-order valence-electron chi connectivity index (χ0n) is 18.6. The number of rotatable bonds is 3. The Bertz CT molecular complexity index is 1270. The van der Waals surface area contributed by atoms with E-state index >= 15 is 0 Å². The number of nitrogens with zero attached hydrogens (tertiary/aromatic N) is 2. The maximum atomic E-state index is 13.5. The highest BCUT2D eigenvalue weighted by molar-refractivity contribution is 8.00. The molecule has 0 aliphatic carbocycles. The second-order valence-corrected chi connectivity index (χ2v) is 10.2. The molecule has 1 N–H and O–H groups in total. The van der Waals surface area contributed by atoms with Gasteiger partial charge in [-0.15, -0.1) is 11.8 Å². The smallest absolute Gasteiger partial charge is 0.319 e. The number of thioether (sulfide) groups is 1. The van der Waals surface area contributed by atoms with E-state index in [1.165, 1.54) is 0 Å². The highest BCUT2D eigenvalue weighted by atomic mass is 32.2. The molecule has 1 fully saturated rings. The van der Waals surface area contributed by atoms with Gasteiger partial charge in [0.05, 0.1) is 5.69 Å². The third-order valence-corrected chi connectivity index (χ3v) is 7.68. The van der Waals surface area contributed by atoms with Crippen molar-refractivity contribution in [3.8, 4) is 0 Å². The van der Waals surface area contributed by atoms with Crippen molar-refractivity contribution in [2.45, 2.75) is 36.0 Å². The van der Waals surface area contributed by atoms with Crippen LogP contribution in [-0.2, 0) is 15.1 Å². The molecule has 33 heavy (non-hydrogen) atoms. The van der Waals surface area contributed by atoms with Gasteiger partial charge >= 0.3 is 6.03 Å². The van der Waals surface area contributed by atoms with Gasteiger partial charge in [0.2, 0.25) is 5.91 Å². The summed E-state index contributed by atoms with van der Waals surface area (Å²) < 4.78 is 0. The topological polar surface area (TPSA) is 69.7 Å². The maximum absolute atomic E-state index is 13.5. The third-order valence-electron chi connectivity index (χ3n) is 6.44. The van der Waals surface area contributed by atoms with E-state index in [4.69, 9.17) is 0 Å². The predicted octanol–water partition coefficient (Wildman–Crippen LogP) is 4.52. The van der Waals surface area contributed by atoms with Crippen LogP contribution in [0.25, 0.3) is 10.8 Å². The lowest BCUT2D eigenvalue weighted by atomic mass is 9.88. The molecule has 0 spiro atoms. The fraction of sp³-hybridized carbons (Fsp3) is 0.269. The van der Waals surface area contributed by atoms with Crippen LogP contribution in [0.4, 0.5) is 10.5 Å². The predicted molar refractivity (Wildman–Crippen MR) is 130 cm³/mol. The first-order valence-electron chi connectivity index (χ1n) is 11.1. The first kappa shape index (κ1) is 21.5. The van der Waals surface area contributed by atoms with Crippen LogP contribution in [0.3, 0.4) is 0 Å². The van der Waals surface area contributed by atoms with Crippen LogP contribution < -0.4 is 10.2 Å². The molecular weight excluding hydrogens is 434 g/mol. The largest absolute Gasteiger partial charge is 0.325 e. The van der Waals surface area contributed by atoms with E-state index in [-0.39, 0.29) is 12.5 Å². The second-order valence-electron chi connectivity index (χ2n) is 8.70. The Morgan fingerprint density at radius 3 is 2.64 bits per heavy atom. The van der Waals surface area contributed by atoms with E-state index in [1.807, 2.05) is 66.7 Å². The fourth-order valence-corrected chi connectivity index (χ4v) is 5.76. The lowest BCUT2D eigenvalue weighted by molar-refractivity contribution is -0.134. The van der Waals surface area contributed by atoms with Crippen LogP contribution in [0.15, 0.2) is 71.6 Å². The molecule has 2 heterocycles. The Labute approximate surface area is 196 Å². The van der Waals surface area contributed by atoms with Crippen molar-refractivity contribution >= 4 is 46.1 Å². The first-order valence-corrected chi connectivity index (χ1v) is 11.9. The van der Waals surface area contributed by atoms with Crippen LogP contribution in [0.1, 0.15) is 25.8 Å².